The molecule has 3 N–H and O–H groups in total. The zero-order valence-electron chi connectivity index (χ0n) is 8.04. The van der Waals surface area contributed by atoms with Gasteiger partial charge in [0.1, 0.15) is 0 Å². The molecule has 1 unspecified atom stereocenters. The summed E-state index contributed by atoms with van der Waals surface area (Å²) in [5.41, 5.74) is 0.411. The van der Waals surface area contributed by atoms with Crippen molar-refractivity contribution in [1.29, 1.82) is 0 Å². The minimum atomic E-state index is -3.78. The zero-order valence-corrected chi connectivity index (χ0v) is 8.86. The van der Waals surface area contributed by atoms with E-state index in [0.29, 0.717) is 5.56 Å². The lowest BCUT2D eigenvalue weighted by atomic mass is 10.0. The van der Waals surface area contributed by atoms with Gasteiger partial charge in [0.15, 0.2) is 0 Å². The second-order valence-corrected chi connectivity index (χ2v) is 4.74. The molecule has 82 valence electrons. The second-order valence-electron chi connectivity index (χ2n) is 3.18. The van der Waals surface area contributed by atoms with Gasteiger partial charge in [0.25, 0.3) is 0 Å². The average molecular weight is 229 g/mol. The van der Waals surface area contributed by atoms with E-state index in [0.717, 1.165) is 0 Å². The number of rotatable bonds is 3. The molecule has 15 heavy (non-hydrogen) atoms. The molecule has 0 aromatic heterocycles. The minimum absolute atomic E-state index is 0.0758. The molecule has 0 aliphatic carbocycles. The number of nitrogens with two attached hydrogens (primary N) is 1. The quantitative estimate of drug-likeness (QED) is 0.789. The second kappa shape index (κ2) is 4.00. The van der Waals surface area contributed by atoms with Crippen LogP contribution < -0.4 is 5.14 Å². The Morgan fingerprint density at radius 3 is 2.53 bits per heavy atom. The fraction of sp³-hybridized carbons (Fsp3) is 0.222. The van der Waals surface area contributed by atoms with Crippen LogP contribution in [0.25, 0.3) is 0 Å². The van der Waals surface area contributed by atoms with Gasteiger partial charge in [-0.2, -0.15) is 0 Å². The summed E-state index contributed by atoms with van der Waals surface area (Å²) < 4.78 is 22.0. The molecule has 0 saturated carbocycles. The highest BCUT2D eigenvalue weighted by atomic mass is 32.2. The first-order valence-corrected chi connectivity index (χ1v) is 5.72. The Balaban J connectivity index is 3.20. The molecule has 0 spiro atoms. The molecule has 1 rings (SSSR count). The summed E-state index contributed by atoms with van der Waals surface area (Å²) in [5, 5.41) is 13.7. The number of primary sulfonamides is 1. The van der Waals surface area contributed by atoms with Crippen LogP contribution in [-0.4, -0.2) is 19.5 Å². The summed E-state index contributed by atoms with van der Waals surface area (Å²) in [6, 6.07) is 5.61. The average Bonchev–Trinajstić information content (AvgIpc) is 2.15. The van der Waals surface area contributed by atoms with Crippen LogP contribution in [0.3, 0.4) is 0 Å². The van der Waals surface area contributed by atoms with Crippen LogP contribution in [0, 0.1) is 0 Å². The lowest BCUT2D eigenvalue weighted by Gasteiger charge is -2.07. The summed E-state index contributed by atoms with van der Waals surface area (Å²) in [5.74, 6) is -1.77. The third-order valence-corrected chi connectivity index (χ3v) is 2.97. The number of carbonyl (C=O) groups is 1. The van der Waals surface area contributed by atoms with E-state index in [-0.39, 0.29) is 4.90 Å². The summed E-state index contributed by atoms with van der Waals surface area (Å²) in [7, 11) is -3.78. The van der Waals surface area contributed by atoms with Gasteiger partial charge < -0.3 is 5.11 Å². The zero-order chi connectivity index (χ0) is 11.6. The Labute approximate surface area is 87.6 Å². The predicted molar refractivity (Wildman–Crippen MR) is 53.9 cm³/mol. The fourth-order valence-corrected chi connectivity index (χ4v) is 1.67. The van der Waals surface area contributed by atoms with Crippen LogP contribution >= 0.6 is 0 Å². The van der Waals surface area contributed by atoms with Crippen molar-refractivity contribution in [3.63, 3.8) is 0 Å². The standard InChI is InChI=1S/C9H11NO4S/c1-6(9(11)12)7-3-2-4-8(5-7)15(10,13)14/h2-6H,1H3,(H,11,12)(H2,10,13,14). The van der Waals surface area contributed by atoms with Gasteiger partial charge in [0.2, 0.25) is 10.0 Å². The van der Waals surface area contributed by atoms with Crippen molar-refractivity contribution in [2.24, 2.45) is 5.14 Å². The maximum atomic E-state index is 11.0. The van der Waals surface area contributed by atoms with E-state index in [1.54, 1.807) is 6.07 Å². The molecular weight excluding hydrogens is 218 g/mol. The molecule has 0 heterocycles. The third-order valence-electron chi connectivity index (χ3n) is 2.06. The highest BCUT2D eigenvalue weighted by Gasteiger charge is 2.16. The number of hydrogen-bond acceptors (Lipinski definition) is 3. The molecule has 0 aliphatic heterocycles. The largest absolute Gasteiger partial charge is 0.481 e. The highest BCUT2D eigenvalue weighted by molar-refractivity contribution is 7.89. The summed E-state index contributed by atoms with van der Waals surface area (Å²) in [6.45, 7) is 1.48. The molecule has 0 fully saturated rings. The minimum Gasteiger partial charge on any atom is -0.481 e. The van der Waals surface area contributed by atoms with E-state index in [2.05, 4.69) is 0 Å². The molecule has 0 bridgehead atoms. The summed E-state index contributed by atoms with van der Waals surface area (Å²) in [4.78, 5) is 10.6. The van der Waals surface area contributed by atoms with Crippen molar-refractivity contribution in [1.82, 2.24) is 0 Å². The van der Waals surface area contributed by atoms with E-state index in [1.807, 2.05) is 0 Å². The molecule has 1 atom stereocenters. The summed E-state index contributed by atoms with van der Waals surface area (Å²) >= 11 is 0. The van der Waals surface area contributed by atoms with E-state index in [4.69, 9.17) is 10.2 Å². The Morgan fingerprint density at radius 2 is 2.07 bits per heavy atom. The normalized spacial score (nSPS) is 13.5. The lowest BCUT2D eigenvalue weighted by Crippen LogP contribution is -2.13. The Hall–Kier alpha value is -1.40. The van der Waals surface area contributed by atoms with Crippen LogP contribution in [0.2, 0.25) is 0 Å². The molecule has 5 nitrogen and oxygen atoms in total. The van der Waals surface area contributed by atoms with Crippen LogP contribution in [0.4, 0.5) is 0 Å². The smallest absolute Gasteiger partial charge is 0.310 e. The van der Waals surface area contributed by atoms with Gasteiger partial charge in [-0.3, -0.25) is 4.79 Å². The van der Waals surface area contributed by atoms with Crippen LogP contribution in [0.15, 0.2) is 29.2 Å². The van der Waals surface area contributed by atoms with E-state index in [1.165, 1.54) is 25.1 Å². The van der Waals surface area contributed by atoms with E-state index < -0.39 is 21.9 Å². The number of benzene rings is 1. The molecule has 1 aromatic carbocycles. The number of aliphatic carboxylic acids is 1. The number of hydrogen-bond donors (Lipinski definition) is 2. The van der Waals surface area contributed by atoms with Gasteiger partial charge in [-0.15, -0.1) is 0 Å². The number of sulfonamides is 1. The molecular formula is C9H11NO4S. The highest BCUT2D eigenvalue weighted by Crippen LogP contribution is 2.18. The van der Waals surface area contributed by atoms with E-state index >= 15 is 0 Å². The Bertz CT molecular complexity index is 481. The van der Waals surface area contributed by atoms with Crippen molar-refractivity contribution >= 4 is 16.0 Å². The molecule has 0 aliphatic rings. The van der Waals surface area contributed by atoms with Crippen molar-refractivity contribution in [3.8, 4) is 0 Å². The van der Waals surface area contributed by atoms with Crippen molar-refractivity contribution in [2.75, 3.05) is 0 Å². The topological polar surface area (TPSA) is 97.5 Å². The van der Waals surface area contributed by atoms with Gasteiger partial charge in [-0.25, -0.2) is 13.6 Å². The Morgan fingerprint density at radius 1 is 1.47 bits per heavy atom. The molecule has 6 heteroatoms. The Kier molecular flexibility index (Phi) is 3.11. The van der Waals surface area contributed by atoms with E-state index in [9.17, 15) is 13.2 Å². The van der Waals surface area contributed by atoms with Gasteiger partial charge in [-0.1, -0.05) is 12.1 Å². The summed E-state index contributed by atoms with van der Waals surface area (Å²) in [6.07, 6.45) is 0. The first-order chi connectivity index (χ1) is 6.82. The van der Waals surface area contributed by atoms with Gasteiger partial charge in [0, 0.05) is 0 Å². The SMILES string of the molecule is CC(C(=O)O)c1cccc(S(N)(=O)=O)c1. The fourth-order valence-electron chi connectivity index (χ4n) is 1.10. The molecule has 0 amide bonds. The van der Waals surface area contributed by atoms with Crippen molar-refractivity contribution in [3.05, 3.63) is 29.8 Å². The monoisotopic (exact) mass is 229 g/mol. The van der Waals surface area contributed by atoms with Gasteiger partial charge in [0.05, 0.1) is 10.8 Å². The first kappa shape index (κ1) is 11.7. The molecule has 1 aromatic rings. The van der Waals surface area contributed by atoms with Crippen LogP contribution in [0.1, 0.15) is 18.4 Å². The number of carboxylic acids is 1. The lowest BCUT2D eigenvalue weighted by molar-refractivity contribution is -0.138. The van der Waals surface area contributed by atoms with Gasteiger partial charge in [-0.05, 0) is 24.6 Å². The van der Waals surface area contributed by atoms with Crippen LogP contribution in [-0.2, 0) is 14.8 Å². The predicted octanol–water partition coefficient (Wildman–Crippen LogP) is 0.522. The maximum absolute atomic E-state index is 11.0. The third kappa shape index (κ3) is 2.77. The molecule has 0 radical (unpaired) electrons. The van der Waals surface area contributed by atoms with Crippen molar-refractivity contribution < 1.29 is 18.3 Å². The molecule has 0 saturated heterocycles. The number of carboxylic acid groups (broad SMARTS) is 1. The first-order valence-electron chi connectivity index (χ1n) is 4.18. The van der Waals surface area contributed by atoms with Crippen molar-refractivity contribution in [2.45, 2.75) is 17.7 Å². The van der Waals surface area contributed by atoms with Crippen LogP contribution in [0.5, 0.6) is 0 Å². The van der Waals surface area contributed by atoms with Gasteiger partial charge >= 0.3 is 5.97 Å². The maximum Gasteiger partial charge on any atom is 0.310 e.